The van der Waals surface area contributed by atoms with Crippen LogP contribution in [0.5, 0.6) is 0 Å². The molecule has 0 bridgehead atoms. The lowest BCUT2D eigenvalue weighted by atomic mass is 10.1. The number of carbonyl (C=O) groups excluding carboxylic acids is 1. The smallest absolute Gasteiger partial charge is 0.254 e. The van der Waals surface area contributed by atoms with Crippen LogP contribution in [0, 0.1) is 5.82 Å². The summed E-state index contributed by atoms with van der Waals surface area (Å²) in [5.41, 5.74) is 0.347. The highest BCUT2D eigenvalue weighted by atomic mass is 35.5. The predicted octanol–water partition coefficient (Wildman–Crippen LogP) is 3.18. The van der Waals surface area contributed by atoms with Crippen LogP contribution in [-0.4, -0.2) is 47.9 Å². The van der Waals surface area contributed by atoms with Gasteiger partial charge in [0.1, 0.15) is 5.82 Å². The molecule has 1 atom stereocenters. The fraction of sp³-hybridized carbons (Fsp3) is 0.562. The predicted molar refractivity (Wildman–Crippen MR) is 81.1 cm³/mol. The minimum absolute atomic E-state index is 0.115. The van der Waals surface area contributed by atoms with Crippen LogP contribution >= 0.6 is 11.6 Å². The van der Waals surface area contributed by atoms with Gasteiger partial charge < -0.3 is 4.90 Å². The highest BCUT2D eigenvalue weighted by Crippen LogP contribution is 2.23. The Morgan fingerprint density at radius 1 is 1.14 bits per heavy atom. The molecule has 2 aliphatic heterocycles. The Balaban J connectivity index is 1.66. The van der Waals surface area contributed by atoms with Gasteiger partial charge in [-0.3, -0.25) is 9.69 Å². The van der Waals surface area contributed by atoms with Crippen LogP contribution in [-0.2, 0) is 0 Å². The summed E-state index contributed by atoms with van der Waals surface area (Å²) in [5.74, 6) is -0.575. The summed E-state index contributed by atoms with van der Waals surface area (Å²) in [6, 6.07) is 4.49. The highest BCUT2D eigenvalue weighted by Gasteiger charge is 2.31. The maximum absolute atomic E-state index is 13.4. The van der Waals surface area contributed by atoms with E-state index in [0.29, 0.717) is 11.6 Å². The van der Waals surface area contributed by atoms with Crippen molar-refractivity contribution < 1.29 is 9.18 Å². The Morgan fingerprint density at radius 2 is 1.90 bits per heavy atom. The molecule has 0 spiro atoms. The lowest BCUT2D eigenvalue weighted by molar-refractivity contribution is 0.0771. The molecule has 2 aliphatic rings. The molecule has 1 unspecified atom stereocenters. The van der Waals surface area contributed by atoms with Crippen LogP contribution in [0.2, 0.25) is 5.02 Å². The fourth-order valence-electron chi connectivity index (χ4n) is 3.37. The highest BCUT2D eigenvalue weighted by molar-refractivity contribution is 6.31. The molecule has 2 heterocycles. The number of amides is 1. The van der Waals surface area contributed by atoms with Crippen molar-refractivity contribution in [2.75, 3.05) is 26.2 Å². The Hall–Kier alpha value is -1.13. The second kappa shape index (κ2) is 6.32. The number of piperidine rings is 1. The third-order valence-corrected chi connectivity index (χ3v) is 4.69. The fourth-order valence-corrected chi connectivity index (χ4v) is 3.59. The second-order valence-corrected chi connectivity index (χ2v) is 6.38. The zero-order chi connectivity index (χ0) is 14.8. The van der Waals surface area contributed by atoms with Crippen LogP contribution in [0.4, 0.5) is 4.39 Å². The molecule has 0 radical (unpaired) electrons. The van der Waals surface area contributed by atoms with E-state index in [1.54, 1.807) is 6.07 Å². The van der Waals surface area contributed by atoms with Gasteiger partial charge in [0.15, 0.2) is 0 Å². The first-order valence-corrected chi connectivity index (χ1v) is 8.01. The molecule has 2 fully saturated rings. The third kappa shape index (κ3) is 3.38. The molecule has 1 amide bonds. The number of nitrogens with zero attached hydrogens (tertiary/aromatic N) is 2. The van der Waals surface area contributed by atoms with Crippen molar-refractivity contribution in [3.63, 3.8) is 0 Å². The molecule has 5 heteroatoms. The molecular formula is C16H20ClFN2O. The largest absolute Gasteiger partial charge is 0.337 e. The van der Waals surface area contributed by atoms with E-state index in [1.165, 1.54) is 31.4 Å². The van der Waals surface area contributed by atoms with Gasteiger partial charge in [0.2, 0.25) is 0 Å². The summed E-state index contributed by atoms with van der Waals surface area (Å²) in [5, 5.41) is 0.269. The summed E-state index contributed by atoms with van der Waals surface area (Å²) >= 11 is 5.83. The van der Waals surface area contributed by atoms with Gasteiger partial charge >= 0.3 is 0 Å². The van der Waals surface area contributed by atoms with Gasteiger partial charge in [-0.05, 0) is 50.6 Å². The number of carbonyl (C=O) groups is 1. The van der Waals surface area contributed by atoms with Gasteiger partial charge in [-0.1, -0.05) is 18.0 Å². The zero-order valence-electron chi connectivity index (χ0n) is 12.0. The van der Waals surface area contributed by atoms with E-state index < -0.39 is 5.82 Å². The van der Waals surface area contributed by atoms with Gasteiger partial charge in [-0.25, -0.2) is 4.39 Å². The normalized spacial score (nSPS) is 23.5. The lowest BCUT2D eigenvalue weighted by Gasteiger charge is -2.32. The lowest BCUT2D eigenvalue weighted by Crippen LogP contribution is -2.41. The standard InChI is InChI=1S/C16H20ClFN2O/c17-13-8-12(9-14(18)10-13)16(21)20-7-4-15(11-20)19-5-2-1-3-6-19/h8-10,15H,1-7,11H2. The minimum Gasteiger partial charge on any atom is -0.337 e. The summed E-state index contributed by atoms with van der Waals surface area (Å²) in [6.07, 6.45) is 4.83. The first-order valence-electron chi connectivity index (χ1n) is 7.63. The van der Waals surface area contributed by atoms with Crippen molar-refractivity contribution in [3.05, 3.63) is 34.6 Å². The van der Waals surface area contributed by atoms with Crippen LogP contribution in [0.25, 0.3) is 0 Å². The number of halogens is 2. The summed E-state index contributed by atoms with van der Waals surface area (Å²) in [4.78, 5) is 16.8. The van der Waals surface area contributed by atoms with E-state index >= 15 is 0 Å². The quantitative estimate of drug-likeness (QED) is 0.837. The van der Waals surface area contributed by atoms with Gasteiger partial charge in [-0.2, -0.15) is 0 Å². The molecule has 21 heavy (non-hydrogen) atoms. The van der Waals surface area contributed by atoms with E-state index in [2.05, 4.69) is 4.90 Å². The first kappa shape index (κ1) is 14.8. The number of hydrogen-bond acceptors (Lipinski definition) is 2. The molecule has 0 aromatic heterocycles. The SMILES string of the molecule is O=C(c1cc(F)cc(Cl)c1)N1CCC(N2CCCCC2)C1. The first-order chi connectivity index (χ1) is 10.1. The van der Waals surface area contributed by atoms with Crippen LogP contribution < -0.4 is 0 Å². The van der Waals surface area contributed by atoms with Gasteiger partial charge in [0.05, 0.1) is 0 Å². The topological polar surface area (TPSA) is 23.6 Å². The zero-order valence-corrected chi connectivity index (χ0v) is 12.8. The summed E-state index contributed by atoms with van der Waals surface area (Å²) in [6.45, 7) is 3.76. The van der Waals surface area contributed by atoms with Crippen LogP contribution in [0.1, 0.15) is 36.0 Å². The van der Waals surface area contributed by atoms with E-state index in [-0.39, 0.29) is 10.9 Å². The van der Waals surface area contributed by atoms with E-state index in [0.717, 1.165) is 32.6 Å². The van der Waals surface area contributed by atoms with E-state index in [1.807, 2.05) is 4.90 Å². The molecule has 0 saturated carbocycles. The number of rotatable bonds is 2. The van der Waals surface area contributed by atoms with Crippen molar-refractivity contribution in [1.29, 1.82) is 0 Å². The van der Waals surface area contributed by atoms with E-state index in [4.69, 9.17) is 11.6 Å². The van der Waals surface area contributed by atoms with Gasteiger partial charge in [-0.15, -0.1) is 0 Å². The molecule has 2 saturated heterocycles. The number of hydrogen-bond donors (Lipinski definition) is 0. The average Bonchev–Trinajstić information content (AvgIpc) is 2.96. The molecule has 1 aromatic carbocycles. The molecule has 3 nitrogen and oxygen atoms in total. The number of likely N-dealkylation sites (tertiary alicyclic amines) is 2. The Kier molecular flexibility index (Phi) is 4.45. The molecule has 0 aliphatic carbocycles. The minimum atomic E-state index is -0.461. The molecule has 1 aromatic rings. The van der Waals surface area contributed by atoms with Crippen LogP contribution in [0.15, 0.2) is 18.2 Å². The average molecular weight is 311 g/mol. The molecular weight excluding hydrogens is 291 g/mol. The second-order valence-electron chi connectivity index (χ2n) is 5.95. The molecule has 114 valence electrons. The monoisotopic (exact) mass is 310 g/mol. The van der Waals surface area contributed by atoms with Crippen molar-refractivity contribution in [1.82, 2.24) is 9.80 Å². The Morgan fingerprint density at radius 3 is 2.62 bits per heavy atom. The Labute approximate surface area is 129 Å². The van der Waals surface area contributed by atoms with E-state index in [9.17, 15) is 9.18 Å². The van der Waals surface area contributed by atoms with Gasteiger partial charge in [0, 0.05) is 29.7 Å². The summed E-state index contributed by atoms with van der Waals surface area (Å²) in [7, 11) is 0. The maximum atomic E-state index is 13.4. The third-order valence-electron chi connectivity index (χ3n) is 4.47. The molecule has 3 rings (SSSR count). The Bertz CT molecular complexity index is 511. The molecule has 0 N–H and O–H groups in total. The van der Waals surface area contributed by atoms with Crippen molar-refractivity contribution in [2.45, 2.75) is 31.7 Å². The van der Waals surface area contributed by atoms with Crippen molar-refractivity contribution >= 4 is 17.5 Å². The van der Waals surface area contributed by atoms with Crippen molar-refractivity contribution in [3.8, 4) is 0 Å². The van der Waals surface area contributed by atoms with Crippen LogP contribution in [0.3, 0.4) is 0 Å². The maximum Gasteiger partial charge on any atom is 0.254 e. The van der Waals surface area contributed by atoms with Crippen molar-refractivity contribution in [2.24, 2.45) is 0 Å². The summed E-state index contributed by atoms with van der Waals surface area (Å²) < 4.78 is 13.4. The van der Waals surface area contributed by atoms with Gasteiger partial charge in [0.25, 0.3) is 5.91 Å². The number of benzene rings is 1.